The number of imide groups is 1. The van der Waals surface area contributed by atoms with Crippen LogP contribution in [-0.4, -0.2) is 52.1 Å². The van der Waals surface area contributed by atoms with Gasteiger partial charge >= 0.3 is 0 Å². The van der Waals surface area contributed by atoms with Gasteiger partial charge in [0, 0.05) is 24.9 Å². The molecule has 0 bridgehead atoms. The van der Waals surface area contributed by atoms with E-state index in [2.05, 4.69) is 15.3 Å². The molecule has 1 saturated heterocycles. The minimum Gasteiger partial charge on any atom is -0.497 e. The monoisotopic (exact) mass is 386 g/mol. The van der Waals surface area contributed by atoms with E-state index in [-0.39, 0.29) is 17.4 Å². The highest BCUT2D eigenvalue weighted by Crippen LogP contribution is 2.32. The van der Waals surface area contributed by atoms with Gasteiger partial charge in [0.15, 0.2) is 0 Å². The van der Waals surface area contributed by atoms with E-state index in [4.69, 9.17) is 4.74 Å². The molecule has 1 aromatic heterocycles. The van der Waals surface area contributed by atoms with Crippen LogP contribution in [0.1, 0.15) is 11.3 Å². The topological polar surface area (TPSA) is 104 Å². The average Bonchev–Trinajstić information content (AvgIpc) is 3.26. The number of hydrogen-bond acceptors (Lipinski definition) is 6. The highest BCUT2D eigenvalue weighted by Gasteiger charge is 2.36. The molecule has 0 unspecified atom stereocenters. The molecule has 3 rings (SSSR count). The summed E-state index contributed by atoms with van der Waals surface area (Å²) in [6.45, 7) is 0.0833. The van der Waals surface area contributed by atoms with E-state index < -0.39 is 11.1 Å². The van der Waals surface area contributed by atoms with E-state index in [1.165, 1.54) is 0 Å². The van der Waals surface area contributed by atoms with E-state index >= 15 is 0 Å². The Balaban J connectivity index is 1.58. The van der Waals surface area contributed by atoms with E-state index in [0.29, 0.717) is 18.7 Å². The van der Waals surface area contributed by atoms with E-state index in [1.807, 2.05) is 0 Å². The average molecular weight is 386 g/mol. The number of imidazole rings is 1. The van der Waals surface area contributed by atoms with Crippen molar-refractivity contribution in [3.05, 3.63) is 53.0 Å². The van der Waals surface area contributed by atoms with Crippen LogP contribution in [0.2, 0.25) is 0 Å². The molecule has 0 spiro atoms. The number of nitrogens with zero attached hydrogens (tertiary/aromatic N) is 2. The molecule has 0 radical (unpaired) electrons. The number of nitrogens with one attached hydrogen (secondary N) is 2. The Hall–Kier alpha value is -3.07. The first-order valence-corrected chi connectivity index (χ1v) is 9.02. The first-order valence-electron chi connectivity index (χ1n) is 8.20. The summed E-state index contributed by atoms with van der Waals surface area (Å²) in [5.74, 6) is -0.212. The summed E-state index contributed by atoms with van der Waals surface area (Å²) in [6, 6.07) is 7.15. The lowest BCUT2D eigenvalue weighted by Crippen LogP contribution is -2.40. The van der Waals surface area contributed by atoms with Gasteiger partial charge in [-0.2, -0.15) is 0 Å². The van der Waals surface area contributed by atoms with Crippen molar-refractivity contribution < 1.29 is 19.1 Å². The fraction of sp³-hybridized carbons (Fsp3) is 0.222. The van der Waals surface area contributed by atoms with Crippen LogP contribution >= 0.6 is 11.8 Å². The molecule has 8 nitrogen and oxygen atoms in total. The fourth-order valence-electron chi connectivity index (χ4n) is 2.48. The number of aromatic nitrogens is 2. The zero-order valence-electron chi connectivity index (χ0n) is 14.6. The number of ether oxygens (including phenoxy) is 1. The van der Waals surface area contributed by atoms with Crippen LogP contribution in [0.4, 0.5) is 4.79 Å². The molecular weight excluding hydrogens is 368 g/mol. The largest absolute Gasteiger partial charge is 0.497 e. The molecule has 1 aliphatic rings. The minimum atomic E-state index is -0.475. The molecule has 0 saturated carbocycles. The van der Waals surface area contributed by atoms with E-state index in [0.717, 1.165) is 27.9 Å². The van der Waals surface area contributed by atoms with Crippen molar-refractivity contribution in [1.82, 2.24) is 20.2 Å². The number of carbonyl (C=O) groups is 3. The maximum Gasteiger partial charge on any atom is 0.294 e. The third kappa shape index (κ3) is 4.76. The van der Waals surface area contributed by atoms with Crippen molar-refractivity contribution in [1.29, 1.82) is 0 Å². The van der Waals surface area contributed by atoms with Crippen LogP contribution < -0.4 is 10.1 Å². The van der Waals surface area contributed by atoms with Crippen molar-refractivity contribution in [2.24, 2.45) is 0 Å². The summed E-state index contributed by atoms with van der Waals surface area (Å²) >= 11 is 0.818. The third-order valence-electron chi connectivity index (χ3n) is 3.84. The zero-order valence-corrected chi connectivity index (χ0v) is 15.4. The Labute approximate surface area is 160 Å². The summed E-state index contributed by atoms with van der Waals surface area (Å²) in [5.41, 5.74) is 1.63. The number of amides is 3. The first kappa shape index (κ1) is 18.7. The predicted octanol–water partition coefficient (Wildman–Crippen LogP) is 1.81. The van der Waals surface area contributed by atoms with Crippen LogP contribution in [0.15, 0.2) is 41.7 Å². The van der Waals surface area contributed by atoms with Crippen molar-refractivity contribution in [3.63, 3.8) is 0 Å². The van der Waals surface area contributed by atoms with E-state index in [1.54, 1.807) is 50.0 Å². The highest BCUT2D eigenvalue weighted by atomic mass is 32.2. The van der Waals surface area contributed by atoms with Crippen molar-refractivity contribution >= 4 is 34.9 Å². The Kier molecular flexibility index (Phi) is 5.92. The Morgan fingerprint density at radius 2 is 2.26 bits per heavy atom. The molecule has 140 valence electrons. The minimum absolute atomic E-state index is 0.276. The van der Waals surface area contributed by atoms with Gasteiger partial charge in [0.2, 0.25) is 5.91 Å². The Bertz CT molecular complexity index is 879. The van der Waals surface area contributed by atoms with Gasteiger partial charge in [-0.15, -0.1) is 0 Å². The van der Waals surface area contributed by atoms with Crippen LogP contribution in [-0.2, 0) is 16.0 Å². The van der Waals surface area contributed by atoms with Gasteiger partial charge in [-0.05, 0) is 35.5 Å². The highest BCUT2D eigenvalue weighted by molar-refractivity contribution is 8.18. The summed E-state index contributed by atoms with van der Waals surface area (Å²) in [7, 11) is 1.55. The number of benzene rings is 1. The molecule has 2 N–H and O–H groups in total. The Morgan fingerprint density at radius 1 is 1.41 bits per heavy atom. The van der Waals surface area contributed by atoms with Crippen molar-refractivity contribution in [2.75, 3.05) is 20.2 Å². The van der Waals surface area contributed by atoms with Crippen LogP contribution in [0.25, 0.3) is 6.08 Å². The maximum absolute atomic E-state index is 12.5. The number of carbonyl (C=O) groups excluding carboxylic acids is 3. The van der Waals surface area contributed by atoms with Crippen molar-refractivity contribution in [2.45, 2.75) is 6.42 Å². The van der Waals surface area contributed by atoms with Crippen LogP contribution in [0, 0.1) is 0 Å². The molecule has 3 amide bonds. The number of thioether (sulfide) groups is 1. The lowest BCUT2D eigenvalue weighted by atomic mass is 10.2. The number of hydrogen-bond donors (Lipinski definition) is 2. The van der Waals surface area contributed by atoms with Crippen LogP contribution in [0.5, 0.6) is 5.75 Å². The molecule has 1 fully saturated rings. The zero-order chi connectivity index (χ0) is 19.2. The van der Waals surface area contributed by atoms with Gasteiger partial charge in [-0.25, -0.2) is 4.98 Å². The van der Waals surface area contributed by atoms with Crippen LogP contribution in [0.3, 0.4) is 0 Å². The fourth-order valence-corrected chi connectivity index (χ4v) is 3.31. The predicted molar refractivity (Wildman–Crippen MR) is 101 cm³/mol. The smallest absolute Gasteiger partial charge is 0.294 e. The first-order chi connectivity index (χ1) is 13.1. The number of rotatable bonds is 7. The number of H-pyrrole nitrogens is 1. The second kappa shape index (κ2) is 8.54. The second-order valence-corrected chi connectivity index (χ2v) is 6.71. The van der Waals surface area contributed by atoms with Gasteiger partial charge in [0.1, 0.15) is 12.3 Å². The third-order valence-corrected chi connectivity index (χ3v) is 4.75. The molecule has 1 aromatic carbocycles. The standard InChI is InChI=1S/C18H18N4O4S/c1-26-14-4-2-3-12(7-14)8-15-17(24)22(18(25)27-15)10-16(23)20-6-5-13-9-19-11-21-13/h2-4,7-9,11H,5-6,10H2,1H3,(H,19,21)(H,20,23)/b15-8-. The summed E-state index contributed by atoms with van der Waals surface area (Å²) in [6.07, 6.45) is 5.44. The lowest BCUT2D eigenvalue weighted by Gasteiger charge is -2.12. The van der Waals surface area contributed by atoms with Gasteiger partial charge in [0.05, 0.1) is 18.3 Å². The molecule has 0 atom stereocenters. The number of aromatic amines is 1. The van der Waals surface area contributed by atoms with Gasteiger partial charge in [0.25, 0.3) is 11.1 Å². The molecule has 9 heteroatoms. The molecule has 0 aliphatic carbocycles. The van der Waals surface area contributed by atoms with E-state index in [9.17, 15) is 14.4 Å². The molecule has 1 aliphatic heterocycles. The van der Waals surface area contributed by atoms with Gasteiger partial charge in [-0.3, -0.25) is 19.3 Å². The quantitative estimate of drug-likeness (QED) is 0.704. The Morgan fingerprint density at radius 3 is 3.00 bits per heavy atom. The number of methoxy groups -OCH3 is 1. The second-order valence-electron chi connectivity index (χ2n) is 5.72. The molecule has 27 heavy (non-hydrogen) atoms. The molecule has 2 aromatic rings. The molecular formula is C18H18N4O4S. The normalized spacial score (nSPS) is 15.4. The van der Waals surface area contributed by atoms with Gasteiger partial charge < -0.3 is 15.0 Å². The summed E-state index contributed by atoms with van der Waals surface area (Å²) in [5, 5.41) is 2.23. The molecule has 2 heterocycles. The summed E-state index contributed by atoms with van der Waals surface area (Å²) < 4.78 is 5.15. The SMILES string of the molecule is COc1cccc(/C=C2\SC(=O)N(CC(=O)NCCc3cnc[nH]3)C2=O)c1. The van der Waals surface area contributed by atoms with Crippen molar-refractivity contribution in [3.8, 4) is 5.75 Å². The van der Waals surface area contributed by atoms with Gasteiger partial charge in [-0.1, -0.05) is 12.1 Å². The lowest BCUT2D eigenvalue weighted by molar-refractivity contribution is -0.129. The summed E-state index contributed by atoms with van der Waals surface area (Å²) in [4.78, 5) is 44.7. The maximum atomic E-state index is 12.5.